The fourth-order valence-electron chi connectivity index (χ4n) is 5.94. The summed E-state index contributed by atoms with van der Waals surface area (Å²) in [7, 11) is -2.97. The van der Waals surface area contributed by atoms with Gasteiger partial charge in [0.05, 0.1) is 19.1 Å². The van der Waals surface area contributed by atoms with Crippen molar-refractivity contribution in [1.82, 2.24) is 4.90 Å². The summed E-state index contributed by atoms with van der Waals surface area (Å²) in [6, 6.07) is 14.4. The molecule has 39 heavy (non-hydrogen) atoms. The van der Waals surface area contributed by atoms with Gasteiger partial charge in [-0.25, -0.2) is 0 Å². The first-order valence-corrected chi connectivity index (χ1v) is 16.2. The summed E-state index contributed by atoms with van der Waals surface area (Å²) in [5, 5.41) is 24.7. The Morgan fingerprint density at radius 2 is 1.90 bits per heavy atom. The molecule has 1 fully saturated rings. The van der Waals surface area contributed by atoms with Gasteiger partial charge in [-0.3, -0.25) is 14.4 Å². The third-order valence-electron chi connectivity index (χ3n) is 7.70. The van der Waals surface area contributed by atoms with Gasteiger partial charge in [-0.1, -0.05) is 37.3 Å². The number of amides is 3. The maximum atomic E-state index is 13.5. The van der Waals surface area contributed by atoms with Crippen molar-refractivity contribution in [3.05, 3.63) is 59.7 Å². The molecule has 11 heteroatoms. The van der Waals surface area contributed by atoms with E-state index in [1.807, 2.05) is 37.3 Å². The highest BCUT2D eigenvalue weighted by atomic mass is 28.4. The molecule has 0 bridgehead atoms. The topological polar surface area (TPSA) is 148 Å². The zero-order chi connectivity index (χ0) is 28.5. The molecular formula is C28H37N3O7Si. The molecule has 2 aromatic carbocycles. The van der Waals surface area contributed by atoms with Crippen LogP contribution in [0.2, 0.25) is 18.6 Å². The van der Waals surface area contributed by atoms with Crippen LogP contribution in [0.5, 0.6) is 0 Å². The standard InChI is InChI=1S/C28H37N3O7Si/c1-17-25(39(3,4)37)23(15-24(34)31(12-13-32)16-19-8-6-5-7-9-19)38-28(17)21-14-20(29-26(35)18(2)33)10-11-22(21)30-27(28)36/h5-11,14,17-18,23,25,32-33,37H,12-13,15-16H2,1-4H3,(H,29,35)(H,30,36)/t17-,18-,23+,25-,28+/m0/s1. The molecule has 3 amide bonds. The fourth-order valence-corrected chi connectivity index (χ4v) is 8.49. The lowest BCUT2D eigenvalue weighted by molar-refractivity contribution is -0.148. The number of hydrogen-bond acceptors (Lipinski definition) is 7. The van der Waals surface area contributed by atoms with Gasteiger partial charge in [-0.15, -0.1) is 0 Å². The monoisotopic (exact) mass is 555 g/mol. The number of hydrogen-bond donors (Lipinski definition) is 5. The third-order valence-corrected chi connectivity index (χ3v) is 10.2. The average Bonchev–Trinajstić information content (AvgIpc) is 3.32. The van der Waals surface area contributed by atoms with Gasteiger partial charge in [-0.2, -0.15) is 0 Å². The molecule has 2 aromatic rings. The Balaban J connectivity index is 1.66. The molecule has 0 aliphatic carbocycles. The van der Waals surface area contributed by atoms with E-state index in [-0.39, 0.29) is 25.5 Å². The van der Waals surface area contributed by atoms with Crippen LogP contribution in [0.25, 0.3) is 0 Å². The Hall–Kier alpha value is -3.09. The number of nitrogens with one attached hydrogen (secondary N) is 2. The van der Waals surface area contributed by atoms with E-state index < -0.39 is 49.4 Å². The Morgan fingerprint density at radius 1 is 1.21 bits per heavy atom. The summed E-state index contributed by atoms with van der Waals surface area (Å²) in [5.41, 5.74) is 0.418. The summed E-state index contributed by atoms with van der Waals surface area (Å²) in [5.74, 6) is -1.71. The second-order valence-corrected chi connectivity index (χ2v) is 14.9. The predicted octanol–water partition coefficient (Wildman–Crippen LogP) is 2.17. The molecule has 5 atom stereocenters. The lowest BCUT2D eigenvalue weighted by atomic mass is 9.82. The normalized spacial score (nSPS) is 24.8. The predicted molar refractivity (Wildman–Crippen MR) is 148 cm³/mol. The van der Waals surface area contributed by atoms with Crippen LogP contribution < -0.4 is 10.6 Å². The largest absolute Gasteiger partial charge is 0.432 e. The zero-order valence-electron chi connectivity index (χ0n) is 22.7. The number of carbonyl (C=O) groups is 3. The van der Waals surface area contributed by atoms with Crippen LogP contribution in [0.15, 0.2) is 48.5 Å². The van der Waals surface area contributed by atoms with Crippen LogP contribution in [0.1, 0.15) is 31.4 Å². The number of fused-ring (bicyclic) bond motifs is 2. The highest BCUT2D eigenvalue weighted by Gasteiger charge is 2.65. The molecule has 2 aliphatic heterocycles. The van der Waals surface area contributed by atoms with Crippen LogP contribution in [0, 0.1) is 5.92 Å². The Kier molecular flexibility index (Phi) is 8.29. The summed E-state index contributed by atoms with van der Waals surface area (Å²) in [6.45, 7) is 7.01. The zero-order valence-corrected chi connectivity index (χ0v) is 23.7. The van der Waals surface area contributed by atoms with Gasteiger partial charge >= 0.3 is 0 Å². The SMILES string of the molecule is C[C@H](O)C(=O)Nc1ccc2c(c1)[C@@]1(O[C@H](CC(=O)N(CCO)Cc3ccccc3)[C@@H]([Si](C)(C)O)[C@@H]1C)C(=O)N2. The molecule has 210 valence electrons. The van der Waals surface area contributed by atoms with Gasteiger partial charge in [0.1, 0.15) is 6.10 Å². The molecule has 2 heterocycles. The first-order valence-electron chi connectivity index (χ1n) is 13.2. The third kappa shape index (κ3) is 5.63. The molecule has 2 aliphatic rings. The van der Waals surface area contributed by atoms with E-state index in [1.54, 1.807) is 36.2 Å². The van der Waals surface area contributed by atoms with Gasteiger partial charge in [0.15, 0.2) is 13.9 Å². The summed E-state index contributed by atoms with van der Waals surface area (Å²) in [4.78, 5) is 52.1. The van der Waals surface area contributed by atoms with E-state index in [1.165, 1.54) is 6.92 Å². The number of aliphatic hydroxyl groups excluding tert-OH is 2. The van der Waals surface area contributed by atoms with Crippen molar-refractivity contribution in [2.24, 2.45) is 5.92 Å². The molecule has 0 radical (unpaired) electrons. The molecule has 0 saturated carbocycles. The van der Waals surface area contributed by atoms with Crippen molar-refractivity contribution in [3.8, 4) is 0 Å². The fraction of sp³-hybridized carbons (Fsp3) is 0.464. The molecule has 10 nitrogen and oxygen atoms in total. The molecule has 1 saturated heterocycles. The summed E-state index contributed by atoms with van der Waals surface area (Å²) in [6.07, 6.45) is -2.03. The number of rotatable bonds is 9. The second kappa shape index (κ2) is 11.2. The molecule has 5 N–H and O–H groups in total. The van der Waals surface area contributed by atoms with Crippen molar-refractivity contribution < 1.29 is 34.1 Å². The number of anilines is 2. The van der Waals surface area contributed by atoms with Gasteiger partial charge < -0.3 is 35.3 Å². The van der Waals surface area contributed by atoms with Crippen LogP contribution in [-0.4, -0.2) is 71.3 Å². The van der Waals surface area contributed by atoms with E-state index in [0.29, 0.717) is 23.5 Å². The van der Waals surface area contributed by atoms with Gasteiger partial charge in [0, 0.05) is 41.5 Å². The minimum Gasteiger partial charge on any atom is -0.432 e. The van der Waals surface area contributed by atoms with Crippen molar-refractivity contribution in [1.29, 1.82) is 0 Å². The smallest absolute Gasteiger partial charge is 0.261 e. The lowest BCUT2D eigenvalue weighted by Gasteiger charge is -2.32. The van der Waals surface area contributed by atoms with Crippen molar-refractivity contribution in [2.75, 3.05) is 23.8 Å². The molecule has 0 aromatic heterocycles. The average molecular weight is 556 g/mol. The van der Waals surface area contributed by atoms with E-state index in [2.05, 4.69) is 10.6 Å². The number of nitrogens with zero attached hydrogens (tertiary/aromatic N) is 1. The minimum absolute atomic E-state index is 0.0678. The maximum Gasteiger partial charge on any atom is 0.261 e. The molecule has 4 rings (SSSR count). The molecular weight excluding hydrogens is 518 g/mol. The van der Waals surface area contributed by atoms with Crippen molar-refractivity contribution in [3.63, 3.8) is 0 Å². The van der Waals surface area contributed by atoms with E-state index in [4.69, 9.17) is 4.74 Å². The maximum absolute atomic E-state index is 13.5. The quantitative estimate of drug-likeness (QED) is 0.298. The van der Waals surface area contributed by atoms with Gasteiger partial charge in [0.2, 0.25) is 5.91 Å². The molecule has 1 spiro atoms. The van der Waals surface area contributed by atoms with Crippen LogP contribution >= 0.6 is 0 Å². The Bertz CT molecular complexity index is 1230. The summed E-state index contributed by atoms with van der Waals surface area (Å²) >= 11 is 0. The highest BCUT2D eigenvalue weighted by Crippen LogP contribution is 2.58. The first-order chi connectivity index (χ1) is 18.4. The molecule has 0 unspecified atom stereocenters. The highest BCUT2D eigenvalue weighted by molar-refractivity contribution is 6.71. The summed E-state index contributed by atoms with van der Waals surface area (Å²) < 4.78 is 6.55. The van der Waals surface area contributed by atoms with Gasteiger partial charge in [-0.05, 0) is 43.8 Å². The lowest BCUT2D eigenvalue weighted by Crippen LogP contribution is -2.44. The van der Waals surface area contributed by atoms with Gasteiger partial charge in [0.25, 0.3) is 11.8 Å². The van der Waals surface area contributed by atoms with E-state index in [0.717, 1.165) is 5.56 Å². The van der Waals surface area contributed by atoms with Crippen molar-refractivity contribution in [2.45, 2.75) is 63.3 Å². The Morgan fingerprint density at radius 3 is 2.51 bits per heavy atom. The van der Waals surface area contributed by atoms with Crippen LogP contribution in [0.3, 0.4) is 0 Å². The van der Waals surface area contributed by atoms with Crippen LogP contribution in [0.4, 0.5) is 11.4 Å². The number of benzene rings is 2. The Labute approximate surface area is 229 Å². The minimum atomic E-state index is -2.97. The first kappa shape index (κ1) is 28.9. The van der Waals surface area contributed by atoms with E-state index >= 15 is 0 Å². The number of carbonyl (C=O) groups excluding carboxylic acids is 3. The number of aliphatic hydroxyl groups is 2. The van der Waals surface area contributed by atoms with Crippen molar-refractivity contribution >= 4 is 37.4 Å². The second-order valence-electron chi connectivity index (χ2n) is 11.0. The number of ether oxygens (including phenoxy) is 1. The van der Waals surface area contributed by atoms with E-state index in [9.17, 15) is 29.4 Å². The van der Waals surface area contributed by atoms with Crippen LogP contribution in [-0.2, 0) is 31.3 Å².